The van der Waals surface area contributed by atoms with E-state index in [-0.39, 0.29) is 0 Å². The van der Waals surface area contributed by atoms with Crippen molar-refractivity contribution in [3.63, 3.8) is 0 Å². The van der Waals surface area contributed by atoms with Gasteiger partial charge >= 0.3 is 0 Å². The molecule has 2 unspecified atom stereocenters. The maximum Gasteiger partial charge on any atom is 0.122 e. The maximum absolute atomic E-state index is 5.33. The van der Waals surface area contributed by atoms with Crippen molar-refractivity contribution in [2.75, 3.05) is 13.7 Å². The second kappa shape index (κ2) is 4.23. The highest BCUT2D eigenvalue weighted by molar-refractivity contribution is 5.39. The Labute approximate surface area is 91.6 Å². The molecule has 2 heteroatoms. The van der Waals surface area contributed by atoms with E-state index < -0.39 is 0 Å². The Morgan fingerprint density at radius 1 is 1.47 bits per heavy atom. The molecular formula is C13H19NO. The summed E-state index contributed by atoms with van der Waals surface area (Å²) in [6, 6.07) is 7.07. The van der Waals surface area contributed by atoms with Crippen LogP contribution in [0.3, 0.4) is 0 Å². The predicted molar refractivity (Wildman–Crippen MR) is 62.3 cm³/mol. The van der Waals surface area contributed by atoms with Crippen LogP contribution in [-0.4, -0.2) is 13.7 Å². The zero-order valence-corrected chi connectivity index (χ0v) is 9.71. The van der Waals surface area contributed by atoms with Crippen LogP contribution in [0.4, 0.5) is 0 Å². The smallest absolute Gasteiger partial charge is 0.122 e. The van der Waals surface area contributed by atoms with E-state index in [1.54, 1.807) is 7.11 Å². The molecule has 0 amide bonds. The molecule has 1 aliphatic rings. The van der Waals surface area contributed by atoms with Gasteiger partial charge in [-0.25, -0.2) is 0 Å². The molecule has 1 N–H and O–H groups in total. The van der Waals surface area contributed by atoms with Gasteiger partial charge in [-0.05, 0) is 29.5 Å². The van der Waals surface area contributed by atoms with Gasteiger partial charge in [-0.1, -0.05) is 26.0 Å². The van der Waals surface area contributed by atoms with E-state index >= 15 is 0 Å². The summed E-state index contributed by atoms with van der Waals surface area (Å²) in [5.41, 5.74) is 2.70. The normalized spacial score (nSPS) is 24.7. The van der Waals surface area contributed by atoms with Crippen molar-refractivity contribution in [1.82, 2.24) is 5.32 Å². The fourth-order valence-corrected chi connectivity index (χ4v) is 2.19. The first-order chi connectivity index (χ1) is 7.26. The lowest BCUT2D eigenvalue weighted by molar-refractivity contribution is 0.258. The molecule has 15 heavy (non-hydrogen) atoms. The molecule has 1 saturated heterocycles. The predicted octanol–water partition coefficient (Wildman–Crippen LogP) is 2.54. The third kappa shape index (κ3) is 1.86. The van der Waals surface area contributed by atoms with Gasteiger partial charge in [-0.2, -0.15) is 0 Å². The first kappa shape index (κ1) is 10.5. The molecule has 2 nitrogen and oxygen atoms in total. The lowest BCUT2D eigenvalue weighted by Gasteiger charge is -2.36. The van der Waals surface area contributed by atoms with Gasteiger partial charge in [0.05, 0.1) is 7.11 Å². The molecule has 1 aromatic carbocycles. The van der Waals surface area contributed by atoms with Crippen LogP contribution in [0.15, 0.2) is 18.2 Å². The van der Waals surface area contributed by atoms with Gasteiger partial charge in [-0.3, -0.25) is 0 Å². The minimum atomic E-state index is 0.543. The fraction of sp³-hybridized carbons (Fsp3) is 0.538. The van der Waals surface area contributed by atoms with E-state index in [1.165, 1.54) is 11.1 Å². The summed E-state index contributed by atoms with van der Waals surface area (Å²) in [5, 5.41) is 3.46. The third-order valence-corrected chi connectivity index (χ3v) is 3.27. The molecule has 0 radical (unpaired) electrons. The molecule has 1 aliphatic heterocycles. The summed E-state index contributed by atoms with van der Waals surface area (Å²) >= 11 is 0. The Bertz CT molecular complexity index is 348. The summed E-state index contributed by atoms with van der Waals surface area (Å²) in [4.78, 5) is 0. The Morgan fingerprint density at radius 2 is 2.27 bits per heavy atom. The van der Waals surface area contributed by atoms with Crippen LogP contribution in [-0.2, 0) is 6.42 Å². The Kier molecular flexibility index (Phi) is 2.96. The van der Waals surface area contributed by atoms with Gasteiger partial charge in [0.2, 0.25) is 0 Å². The van der Waals surface area contributed by atoms with Gasteiger partial charge < -0.3 is 10.1 Å². The lowest BCUT2D eigenvalue weighted by Crippen LogP contribution is -2.43. The topological polar surface area (TPSA) is 21.3 Å². The lowest BCUT2D eigenvalue weighted by atomic mass is 9.87. The van der Waals surface area contributed by atoms with E-state index in [2.05, 4.69) is 37.4 Å². The molecule has 2 atom stereocenters. The highest BCUT2D eigenvalue weighted by Gasteiger charge is 2.27. The van der Waals surface area contributed by atoms with Gasteiger partial charge in [0.25, 0.3) is 0 Å². The van der Waals surface area contributed by atoms with Crippen molar-refractivity contribution < 1.29 is 4.74 Å². The van der Waals surface area contributed by atoms with Crippen molar-refractivity contribution in [3.8, 4) is 5.75 Å². The summed E-state index contributed by atoms with van der Waals surface area (Å²) in [6.07, 6.45) is 1.03. The molecule has 0 saturated carbocycles. The molecule has 0 aromatic heterocycles. The highest BCUT2D eigenvalue weighted by Crippen LogP contribution is 2.31. The standard InChI is InChI=1S/C13H19NO/c1-4-10-7-11(5-6-12(10)15-3)13-9(2)8-14-13/h5-7,9,13-14H,4,8H2,1-3H3. The molecule has 2 rings (SSSR count). The molecular weight excluding hydrogens is 186 g/mol. The van der Waals surface area contributed by atoms with Crippen LogP contribution < -0.4 is 10.1 Å². The Hall–Kier alpha value is -1.02. The van der Waals surface area contributed by atoms with E-state index in [0.717, 1.165) is 24.6 Å². The summed E-state index contributed by atoms with van der Waals surface area (Å²) in [5.74, 6) is 1.76. The molecule has 1 fully saturated rings. The summed E-state index contributed by atoms with van der Waals surface area (Å²) in [7, 11) is 1.73. The molecule has 1 heterocycles. The SMILES string of the molecule is CCc1cc(C2NCC2C)ccc1OC. The van der Waals surface area contributed by atoms with Crippen LogP contribution >= 0.6 is 0 Å². The van der Waals surface area contributed by atoms with Crippen LogP contribution in [0.25, 0.3) is 0 Å². The number of nitrogens with one attached hydrogen (secondary N) is 1. The van der Waals surface area contributed by atoms with Crippen molar-refractivity contribution in [2.45, 2.75) is 26.3 Å². The first-order valence-electron chi connectivity index (χ1n) is 5.66. The fourth-order valence-electron chi connectivity index (χ4n) is 2.19. The zero-order chi connectivity index (χ0) is 10.8. The monoisotopic (exact) mass is 205 g/mol. The van der Waals surface area contributed by atoms with E-state index in [0.29, 0.717) is 6.04 Å². The number of benzene rings is 1. The minimum absolute atomic E-state index is 0.543. The number of hydrogen-bond acceptors (Lipinski definition) is 2. The largest absolute Gasteiger partial charge is 0.496 e. The van der Waals surface area contributed by atoms with Crippen LogP contribution in [0.5, 0.6) is 5.75 Å². The van der Waals surface area contributed by atoms with Crippen molar-refractivity contribution in [3.05, 3.63) is 29.3 Å². The van der Waals surface area contributed by atoms with Crippen molar-refractivity contribution in [2.24, 2.45) is 5.92 Å². The van der Waals surface area contributed by atoms with Gasteiger partial charge in [-0.15, -0.1) is 0 Å². The van der Waals surface area contributed by atoms with E-state index in [1.807, 2.05) is 0 Å². The molecule has 82 valence electrons. The second-order valence-electron chi connectivity index (χ2n) is 4.29. The van der Waals surface area contributed by atoms with Crippen molar-refractivity contribution in [1.29, 1.82) is 0 Å². The van der Waals surface area contributed by atoms with E-state index in [4.69, 9.17) is 4.74 Å². The van der Waals surface area contributed by atoms with Crippen LogP contribution in [0.2, 0.25) is 0 Å². The number of rotatable bonds is 3. The minimum Gasteiger partial charge on any atom is -0.496 e. The van der Waals surface area contributed by atoms with Crippen LogP contribution in [0.1, 0.15) is 31.0 Å². The average molecular weight is 205 g/mol. The maximum atomic E-state index is 5.33. The van der Waals surface area contributed by atoms with E-state index in [9.17, 15) is 0 Å². The second-order valence-corrected chi connectivity index (χ2v) is 4.29. The van der Waals surface area contributed by atoms with Crippen LogP contribution in [0, 0.1) is 5.92 Å². The third-order valence-electron chi connectivity index (χ3n) is 3.27. The molecule has 0 spiro atoms. The Morgan fingerprint density at radius 3 is 2.73 bits per heavy atom. The molecule has 0 bridgehead atoms. The molecule has 0 aliphatic carbocycles. The van der Waals surface area contributed by atoms with Gasteiger partial charge in [0, 0.05) is 12.6 Å². The quantitative estimate of drug-likeness (QED) is 0.818. The first-order valence-corrected chi connectivity index (χ1v) is 5.66. The zero-order valence-electron chi connectivity index (χ0n) is 9.71. The summed E-state index contributed by atoms with van der Waals surface area (Å²) < 4.78 is 5.33. The Balaban J connectivity index is 2.26. The van der Waals surface area contributed by atoms with Gasteiger partial charge in [0.1, 0.15) is 5.75 Å². The molecule has 1 aromatic rings. The average Bonchev–Trinajstić information content (AvgIpc) is 2.26. The number of methoxy groups -OCH3 is 1. The highest BCUT2D eigenvalue weighted by atomic mass is 16.5. The van der Waals surface area contributed by atoms with Gasteiger partial charge in [0.15, 0.2) is 0 Å². The number of aryl methyl sites for hydroxylation is 1. The number of hydrogen-bond donors (Lipinski definition) is 1. The van der Waals surface area contributed by atoms with Crippen molar-refractivity contribution >= 4 is 0 Å². The summed E-state index contributed by atoms with van der Waals surface area (Å²) in [6.45, 7) is 5.59. The number of ether oxygens (including phenoxy) is 1.